The van der Waals surface area contributed by atoms with E-state index in [4.69, 9.17) is 16.9 Å². The zero-order valence-electron chi connectivity index (χ0n) is 9.36. The Morgan fingerprint density at radius 1 is 1.00 bits per heavy atom. The van der Waals surface area contributed by atoms with Crippen LogP contribution in [-0.2, 0) is 12.8 Å². The average molecular weight is 242 g/mol. The summed E-state index contributed by atoms with van der Waals surface area (Å²) < 4.78 is 0. The third-order valence-electron chi connectivity index (χ3n) is 2.71. The molecule has 2 rings (SSSR count). The first-order valence-corrected chi connectivity index (χ1v) is 5.86. The van der Waals surface area contributed by atoms with Crippen LogP contribution >= 0.6 is 11.6 Å². The minimum absolute atomic E-state index is 0.363. The van der Waals surface area contributed by atoms with E-state index >= 15 is 0 Å². The molecule has 1 nitrogen and oxygen atoms in total. The van der Waals surface area contributed by atoms with Crippen molar-refractivity contribution in [3.05, 3.63) is 70.2 Å². The monoisotopic (exact) mass is 241 g/mol. The van der Waals surface area contributed by atoms with Crippen LogP contribution in [0.4, 0.5) is 0 Å². The van der Waals surface area contributed by atoms with Crippen molar-refractivity contribution in [1.29, 1.82) is 5.26 Å². The molecule has 0 amide bonds. The lowest BCUT2D eigenvalue weighted by atomic mass is 9.98. The van der Waals surface area contributed by atoms with E-state index in [9.17, 15) is 0 Å². The first kappa shape index (κ1) is 11.7. The van der Waals surface area contributed by atoms with Crippen LogP contribution in [0.1, 0.15) is 16.7 Å². The molecule has 0 unspecified atom stereocenters. The SMILES string of the molecule is N#CCc1c(Cl)cccc1Cc1ccccc1. The van der Waals surface area contributed by atoms with Gasteiger partial charge in [0.05, 0.1) is 12.5 Å². The first-order valence-electron chi connectivity index (χ1n) is 5.48. The van der Waals surface area contributed by atoms with Gasteiger partial charge in [0.25, 0.3) is 0 Å². The van der Waals surface area contributed by atoms with Crippen molar-refractivity contribution in [2.45, 2.75) is 12.8 Å². The number of benzene rings is 2. The average Bonchev–Trinajstić information content (AvgIpc) is 2.35. The molecule has 0 spiro atoms. The van der Waals surface area contributed by atoms with Crippen molar-refractivity contribution in [2.75, 3.05) is 0 Å². The highest BCUT2D eigenvalue weighted by Gasteiger charge is 2.06. The summed E-state index contributed by atoms with van der Waals surface area (Å²) in [6.45, 7) is 0. The maximum absolute atomic E-state index is 8.83. The van der Waals surface area contributed by atoms with Crippen LogP contribution in [-0.4, -0.2) is 0 Å². The molecule has 2 aromatic rings. The van der Waals surface area contributed by atoms with E-state index < -0.39 is 0 Å². The van der Waals surface area contributed by atoms with Gasteiger partial charge in [0.2, 0.25) is 0 Å². The molecule has 0 aromatic heterocycles. The van der Waals surface area contributed by atoms with Gasteiger partial charge < -0.3 is 0 Å². The Hall–Kier alpha value is -1.78. The largest absolute Gasteiger partial charge is 0.198 e. The molecular weight excluding hydrogens is 230 g/mol. The fourth-order valence-corrected chi connectivity index (χ4v) is 2.12. The zero-order chi connectivity index (χ0) is 12.1. The molecule has 0 aliphatic heterocycles. The molecule has 0 bridgehead atoms. The van der Waals surface area contributed by atoms with Gasteiger partial charge in [-0.05, 0) is 29.2 Å². The summed E-state index contributed by atoms with van der Waals surface area (Å²) in [5.41, 5.74) is 3.31. The van der Waals surface area contributed by atoms with Gasteiger partial charge in [-0.1, -0.05) is 54.1 Å². The molecule has 0 saturated heterocycles. The van der Waals surface area contributed by atoms with Gasteiger partial charge in [-0.15, -0.1) is 0 Å². The van der Waals surface area contributed by atoms with Gasteiger partial charge >= 0.3 is 0 Å². The van der Waals surface area contributed by atoms with Crippen LogP contribution in [0.5, 0.6) is 0 Å². The quantitative estimate of drug-likeness (QED) is 0.797. The minimum atomic E-state index is 0.363. The van der Waals surface area contributed by atoms with Crippen molar-refractivity contribution < 1.29 is 0 Å². The molecule has 2 aromatic carbocycles. The van der Waals surface area contributed by atoms with Crippen LogP contribution in [0.25, 0.3) is 0 Å². The number of rotatable bonds is 3. The van der Waals surface area contributed by atoms with Gasteiger partial charge in [0.15, 0.2) is 0 Å². The molecule has 0 N–H and O–H groups in total. The molecular formula is C15H12ClN. The Balaban J connectivity index is 2.33. The second-order valence-electron chi connectivity index (χ2n) is 3.87. The van der Waals surface area contributed by atoms with E-state index in [2.05, 4.69) is 18.2 Å². The molecule has 0 aliphatic rings. The lowest BCUT2D eigenvalue weighted by molar-refractivity contribution is 1.12. The molecule has 0 fully saturated rings. The van der Waals surface area contributed by atoms with Crippen LogP contribution in [0.15, 0.2) is 48.5 Å². The number of nitriles is 1. The summed E-state index contributed by atoms with van der Waals surface area (Å²) >= 11 is 6.12. The number of hydrogen-bond acceptors (Lipinski definition) is 1. The molecule has 17 heavy (non-hydrogen) atoms. The van der Waals surface area contributed by atoms with Crippen molar-refractivity contribution in [3.8, 4) is 6.07 Å². The standard InChI is InChI=1S/C15H12ClN/c16-15-8-4-7-13(14(15)9-10-17)11-12-5-2-1-3-6-12/h1-8H,9,11H2. The molecule has 2 heteroatoms. The van der Waals surface area contributed by atoms with E-state index in [1.54, 1.807) is 0 Å². The van der Waals surface area contributed by atoms with Gasteiger partial charge in [0.1, 0.15) is 0 Å². The number of hydrogen-bond donors (Lipinski definition) is 0. The Kier molecular flexibility index (Phi) is 3.80. The maximum Gasteiger partial charge on any atom is 0.0670 e. The summed E-state index contributed by atoms with van der Waals surface area (Å²) in [6.07, 6.45) is 1.18. The molecule has 0 heterocycles. The second kappa shape index (κ2) is 5.52. The lowest BCUT2D eigenvalue weighted by Crippen LogP contribution is -1.96. The molecule has 0 radical (unpaired) electrons. The second-order valence-corrected chi connectivity index (χ2v) is 4.28. The number of halogens is 1. The third-order valence-corrected chi connectivity index (χ3v) is 3.06. The van der Waals surface area contributed by atoms with Crippen molar-refractivity contribution in [1.82, 2.24) is 0 Å². The van der Waals surface area contributed by atoms with Crippen LogP contribution in [0, 0.1) is 11.3 Å². The van der Waals surface area contributed by atoms with Crippen LogP contribution < -0.4 is 0 Å². The minimum Gasteiger partial charge on any atom is -0.198 e. The smallest absolute Gasteiger partial charge is 0.0670 e. The summed E-state index contributed by atoms with van der Waals surface area (Å²) in [5, 5.41) is 9.51. The summed E-state index contributed by atoms with van der Waals surface area (Å²) in [7, 11) is 0. The Morgan fingerprint density at radius 3 is 2.47 bits per heavy atom. The molecule has 0 aliphatic carbocycles. The topological polar surface area (TPSA) is 23.8 Å². The maximum atomic E-state index is 8.83. The summed E-state index contributed by atoms with van der Waals surface area (Å²) in [4.78, 5) is 0. The van der Waals surface area contributed by atoms with E-state index in [0.29, 0.717) is 11.4 Å². The first-order chi connectivity index (χ1) is 8.31. The van der Waals surface area contributed by atoms with Gasteiger partial charge in [0, 0.05) is 5.02 Å². The van der Waals surface area contributed by atoms with Crippen LogP contribution in [0.2, 0.25) is 5.02 Å². The predicted octanol–water partition coefficient (Wildman–Crippen LogP) is 4.00. The van der Waals surface area contributed by atoms with E-state index in [-0.39, 0.29) is 0 Å². The van der Waals surface area contributed by atoms with Gasteiger partial charge in [-0.3, -0.25) is 0 Å². The van der Waals surface area contributed by atoms with E-state index in [1.807, 2.05) is 36.4 Å². The molecule has 0 atom stereocenters. The Labute approximate surface area is 106 Å². The van der Waals surface area contributed by atoms with Gasteiger partial charge in [-0.2, -0.15) is 5.26 Å². The third kappa shape index (κ3) is 2.87. The zero-order valence-corrected chi connectivity index (χ0v) is 10.1. The number of nitrogens with zero attached hydrogens (tertiary/aromatic N) is 1. The van der Waals surface area contributed by atoms with Gasteiger partial charge in [-0.25, -0.2) is 0 Å². The molecule has 0 saturated carbocycles. The fourth-order valence-electron chi connectivity index (χ4n) is 1.86. The highest BCUT2D eigenvalue weighted by molar-refractivity contribution is 6.31. The molecule has 84 valence electrons. The van der Waals surface area contributed by atoms with Crippen LogP contribution in [0.3, 0.4) is 0 Å². The highest BCUT2D eigenvalue weighted by atomic mass is 35.5. The fraction of sp³-hybridized carbons (Fsp3) is 0.133. The van der Waals surface area contributed by atoms with Crippen molar-refractivity contribution in [3.63, 3.8) is 0 Å². The summed E-state index contributed by atoms with van der Waals surface area (Å²) in [6, 6.07) is 18.2. The van der Waals surface area contributed by atoms with E-state index in [0.717, 1.165) is 17.5 Å². The van der Waals surface area contributed by atoms with E-state index in [1.165, 1.54) is 5.56 Å². The Morgan fingerprint density at radius 2 is 1.76 bits per heavy atom. The lowest BCUT2D eigenvalue weighted by Gasteiger charge is -2.08. The normalized spacial score (nSPS) is 9.88. The highest BCUT2D eigenvalue weighted by Crippen LogP contribution is 2.22. The predicted molar refractivity (Wildman–Crippen MR) is 70.0 cm³/mol. The van der Waals surface area contributed by atoms with Crippen molar-refractivity contribution in [2.24, 2.45) is 0 Å². The summed E-state index contributed by atoms with van der Waals surface area (Å²) in [5.74, 6) is 0. The van der Waals surface area contributed by atoms with Crippen molar-refractivity contribution >= 4 is 11.6 Å². The Bertz CT molecular complexity index is 541.